The van der Waals surface area contributed by atoms with Crippen molar-refractivity contribution in [3.8, 4) is 0 Å². The highest BCUT2D eigenvalue weighted by Crippen LogP contribution is 1.98. The van der Waals surface area contributed by atoms with Gasteiger partial charge in [0.2, 0.25) is 0 Å². The fourth-order valence-electron chi connectivity index (χ4n) is 1.28. The average Bonchev–Trinajstić information content (AvgIpc) is 2.29. The van der Waals surface area contributed by atoms with Gasteiger partial charge >= 0.3 is 0 Å². The number of amides is 1. The van der Waals surface area contributed by atoms with Crippen molar-refractivity contribution in [3.05, 3.63) is 24.3 Å². The highest BCUT2D eigenvalue weighted by atomic mass is 16.1. The van der Waals surface area contributed by atoms with Crippen LogP contribution >= 0.6 is 0 Å². The maximum atomic E-state index is 11.6. The molecule has 5 heteroatoms. The highest BCUT2D eigenvalue weighted by Gasteiger charge is 2.11. The third-order valence-electron chi connectivity index (χ3n) is 2.08. The Balaban J connectivity index is 2.55. The van der Waals surface area contributed by atoms with E-state index in [9.17, 15) is 4.79 Å². The summed E-state index contributed by atoms with van der Waals surface area (Å²) in [6, 6.07) is 0.0303. The fourth-order valence-corrected chi connectivity index (χ4v) is 1.28. The van der Waals surface area contributed by atoms with Gasteiger partial charge in [0.05, 0.1) is 5.56 Å². The Hall–Kier alpha value is -1.49. The second-order valence-corrected chi connectivity index (χ2v) is 3.32. The van der Waals surface area contributed by atoms with Crippen molar-refractivity contribution in [2.75, 3.05) is 6.54 Å². The van der Waals surface area contributed by atoms with Crippen molar-refractivity contribution in [1.29, 1.82) is 0 Å². The molecule has 1 atom stereocenters. The monoisotopic (exact) mass is 208 g/mol. The van der Waals surface area contributed by atoms with E-state index in [0.29, 0.717) is 12.1 Å². The van der Waals surface area contributed by atoms with E-state index in [1.165, 1.54) is 18.7 Å². The van der Waals surface area contributed by atoms with E-state index >= 15 is 0 Å². The van der Waals surface area contributed by atoms with E-state index in [1.807, 2.05) is 0 Å². The molecule has 0 saturated heterocycles. The van der Waals surface area contributed by atoms with Crippen LogP contribution in [0.4, 0.5) is 0 Å². The van der Waals surface area contributed by atoms with Crippen molar-refractivity contribution in [3.63, 3.8) is 0 Å². The molecule has 3 N–H and O–H groups in total. The first-order valence-corrected chi connectivity index (χ1v) is 5.03. The van der Waals surface area contributed by atoms with Gasteiger partial charge in [-0.15, -0.1) is 0 Å². The maximum Gasteiger partial charge on any atom is 0.254 e. The van der Waals surface area contributed by atoms with E-state index in [0.717, 1.165) is 12.8 Å². The van der Waals surface area contributed by atoms with Gasteiger partial charge in [-0.1, -0.05) is 13.3 Å². The molecule has 1 aromatic heterocycles. The number of nitrogens with one attached hydrogen (secondary N) is 1. The molecule has 0 aliphatic rings. The minimum atomic E-state index is -0.167. The molecule has 1 aromatic rings. The first-order chi connectivity index (χ1) is 7.27. The molecule has 1 unspecified atom stereocenters. The van der Waals surface area contributed by atoms with Gasteiger partial charge in [0.15, 0.2) is 0 Å². The summed E-state index contributed by atoms with van der Waals surface area (Å²) in [6.07, 6.45) is 6.25. The number of carbonyl (C=O) groups excluding carboxylic acids is 1. The zero-order valence-corrected chi connectivity index (χ0v) is 8.81. The molecule has 82 valence electrons. The van der Waals surface area contributed by atoms with Crippen LogP contribution in [0.2, 0.25) is 0 Å². The Bertz CT molecular complexity index is 302. The Kier molecular flexibility index (Phi) is 4.70. The number of aromatic nitrogens is 2. The number of hydrogen-bond acceptors (Lipinski definition) is 4. The fraction of sp³-hybridized carbons (Fsp3) is 0.500. The normalized spacial score (nSPS) is 12.1. The van der Waals surface area contributed by atoms with Crippen LogP contribution in [0.1, 0.15) is 30.1 Å². The molecule has 5 nitrogen and oxygen atoms in total. The topological polar surface area (TPSA) is 80.9 Å². The zero-order valence-electron chi connectivity index (χ0n) is 8.81. The number of hydrogen-bond donors (Lipinski definition) is 2. The van der Waals surface area contributed by atoms with Gasteiger partial charge in [0, 0.05) is 25.0 Å². The summed E-state index contributed by atoms with van der Waals surface area (Å²) in [7, 11) is 0. The zero-order chi connectivity index (χ0) is 11.1. The summed E-state index contributed by atoms with van der Waals surface area (Å²) < 4.78 is 0. The molecule has 0 aliphatic carbocycles. The molecule has 1 rings (SSSR count). The number of nitrogens with two attached hydrogens (primary N) is 1. The molecule has 0 fully saturated rings. The van der Waals surface area contributed by atoms with Crippen molar-refractivity contribution in [2.24, 2.45) is 5.73 Å². The molecule has 0 aromatic carbocycles. The Morgan fingerprint density at radius 3 is 2.73 bits per heavy atom. The van der Waals surface area contributed by atoms with Crippen molar-refractivity contribution >= 4 is 5.91 Å². The molecular weight excluding hydrogens is 192 g/mol. The van der Waals surface area contributed by atoms with E-state index in [-0.39, 0.29) is 11.9 Å². The van der Waals surface area contributed by atoms with Crippen LogP contribution in [0.25, 0.3) is 0 Å². The van der Waals surface area contributed by atoms with Crippen LogP contribution in [-0.4, -0.2) is 28.5 Å². The van der Waals surface area contributed by atoms with Crippen molar-refractivity contribution in [2.45, 2.75) is 25.8 Å². The number of rotatable bonds is 5. The van der Waals surface area contributed by atoms with Crippen LogP contribution in [0.5, 0.6) is 0 Å². The molecule has 1 heterocycles. The number of carbonyl (C=O) groups is 1. The van der Waals surface area contributed by atoms with E-state index < -0.39 is 0 Å². The second kappa shape index (κ2) is 6.08. The molecule has 0 radical (unpaired) electrons. The lowest BCUT2D eigenvalue weighted by molar-refractivity contribution is 0.0935. The van der Waals surface area contributed by atoms with E-state index in [4.69, 9.17) is 5.73 Å². The summed E-state index contributed by atoms with van der Waals surface area (Å²) >= 11 is 0. The molecular formula is C10H16N4O. The Morgan fingerprint density at radius 1 is 1.53 bits per heavy atom. The standard InChI is InChI=1S/C10H16N4O/c1-2-3-9(4-11)14-10(15)8-5-12-7-13-6-8/h5-7,9H,2-4,11H2,1H3,(H,14,15). The van der Waals surface area contributed by atoms with Gasteiger partial charge in [-0.05, 0) is 6.42 Å². The summed E-state index contributed by atoms with van der Waals surface area (Å²) in [5.74, 6) is -0.167. The predicted molar refractivity (Wildman–Crippen MR) is 57.2 cm³/mol. The molecule has 0 bridgehead atoms. The van der Waals surface area contributed by atoms with Gasteiger partial charge in [-0.3, -0.25) is 4.79 Å². The van der Waals surface area contributed by atoms with Gasteiger partial charge in [-0.2, -0.15) is 0 Å². The van der Waals surface area contributed by atoms with Gasteiger partial charge < -0.3 is 11.1 Å². The minimum absolute atomic E-state index is 0.0303. The van der Waals surface area contributed by atoms with Gasteiger partial charge in [-0.25, -0.2) is 9.97 Å². The smallest absolute Gasteiger partial charge is 0.254 e. The third kappa shape index (κ3) is 3.63. The van der Waals surface area contributed by atoms with E-state index in [2.05, 4.69) is 22.2 Å². The van der Waals surface area contributed by atoms with Crippen LogP contribution in [0.3, 0.4) is 0 Å². The van der Waals surface area contributed by atoms with Crippen LogP contribution in [0, 0.1) is 0 Å². The molecule has 0 spiro atoms. The average molecular weight is 208 g/mol. The summed E-state index contributed by atoms with van der Waals surface area (Å²) in [5, 5.41) is 2.84. The lowest BCUT2D eigenvalue weighted by atomic mass is 10.1. The maximum absolute atomic E-state index is 11.6. The predicted octanol–water partition coefficient (Wildman–Crippen LogP) is 0.334. The summed E-state index contributed by atoms with van der Waals surface area (Å²) in [4.78, 5) is 19.2. The SMILES string of the molecule is CCCC(CN)NC(=O)c1cncnc1. The number of nitrogens with zero attached hydrogens (tertiary/aromatic N) is 2. The van der Waals surface area contributed by atoms with Gasteiger partial charge in [0.1, 0.15) is 6.33 Å². The minimum Gasteiger partial charge on any atom is -0.348 e. The van der Waals surface area contributed by atoms with Gasteiger partial charge in [0.25, 0.3) is 5.91 Å². The summed E-state index contributed by atoms with van der Waals surface area (Å²) in [6.45, 7) is 2.51. The second-order valence-electron chi connectivity index (χ2n) is 3.32. The summed E-state index contributed by atoms with van der Waals surface area (Å²) in [5.41, 5.74) is 6.00. The lowest BCUT2D eigenvalue weighted by Gasteiger charge is -2.15. The molecule has 0 saturated carbocycles. The van der Waals surface area contributed by atoms with Crippen LogP contribution in [-0.2, 0) is 0 Å². The largest absolute Gasteiger partial charge is 0.348 e. The Labute approximate surface area is 89.1 Å². The van der Waals surface area contributed by atoms with E-state index in [1.54, 1.807) is 0 Å². The van der Waals surface area contributed by atoms with Crippen molar-refractivity contribution < 1.29 is 4.79 Å². The molecule has 15 heavy (non-hydrogen) atoms. The highest BCUT2D eigenvalue weighted by molar-refractivity contribution is 5.93. The van der Waals surface area contributed by atoms with Crippen molar-refractivity contribution in [1.82, 2.24) is 15.3 Å². The Morgan fingerprint density at radius 2 is 2.20 bits per heavy atom. The van der Waals surface area contributed by atoms with Crippen LogP contribution < -0.4 is 11.1 Å². The first kappa shape index (κ1) is 11.6. The molecule has 0 aliphatic heterocycles. The molecule has 1 amide bonds. The quantitative estimate of drug-likeness (QED) is 0.730. The third-order valence-corrected chi connectivity index (χ3v) is 2.08. The lowest BCUT2D eigenvalue weighted by Crippen LogP contribution is -2.40. The van der Waals surface area contributed by atoms with Crippen LogP contribution in [0.15, 0.2) is 18.7 Å². The first-order valence-electron chi connectivity index (χ1n) is 5.03.